The van der Waals surface area contributed by atoms with Crippen molar-refractivity contribution in [2.75, 3.05) is 0 Å². The smallest absolute Gasteiger partial charge is 0.244 e. The Bertz CT molecular complexity index is 688. The highest BCUT2D eigenvalue weighted by Gasteiger charge is 2.08. The number of amides is 1. The molecule has 0 atom stereocenters. The number of hydrogen-bond donors (Lipinski definition) is 1. The summed E-state index contributed by atoms with van der Waals surface area (Å²) in [5.74, 6) is -1.54. The molecule has 110 valence electrons. The maximum Gasteiger partial charge on any atom is 0.244 e. The van der Waals surface area contributed by atoms with Crippen LogP contribution in [0.25, 0.3) is 5.69 Å². The van der Waals surface area contributed by atoms with Gasteiger partial charge in [-0.15, -0.1) is 0 Å². The molecule has 1 N–H and O–H groups in total. The molecule has 0 bridgehead atoms. The van der Waals surface area contributed by atoms with Gasteiger partial charge in [-0.1, -0.05) is 5.57 Å². The highest BCUT2D eigenvalue weighted by Crippen LogP contribution is 2.14. The number of aromatic nitrogens is 2. The van der Waals surface area contributed by atoms with E-state index >= 15 is 0 Å². The Hall–Kier alpha value is -2.50. The number of allylic oxidation sites excluding steroid dienone is 1. The van der Waals surface area contributed by atoms with Crippen LogP contribution >= 0.6 is 0 Å². The lowest BCUT2D eigenvalue weighted by molar-refractivity contribution is -0.116. The van der Waals surface area contributed by atoms with Gasteiger partial charge < -0.3 is 5.32 Å². The van der Waals surface area contributed by atoms with Gasteiger partial charge in [0, 0.05) is 30.4 Å². The van der Waals surface area contributed by atoms with E-state index in [-0.39, 0.29) is 18.1 Å². The van der Waals surface area contributed by atoms with Crippen molar-refractivity contribution < 1.29 is 13.6 Å². The summed E-state index contributed by atoms with van der Waals surface area (Å²) < 4.78 is 27.8. The van der Waals surface area contributed by atoms with Crippen LogP contribution in [0.1, 0.15) is 19.4 Å². The van der Waals surface area contributed by atoms with Crippen LogP contribution in [0.4, 0.5) is 8.78 Å². The zero-order chi connectivity index (χ0) is 15.4. The molecule has 0 aliphatic carbocycles. The zero-order valence-electron chi connectivity index (χ0n) is 11.7. The van der Waals surface area contributed by atoms with Crippen LogP contribution in [-0.2, 0) is 11.3 Å². The van der Waals surface area contributed by atoms with Crippen molar-refractivity contribution >= 4 is 5.91 Å². The van der Waals surface area contributed by atoms with Gasteiger partial charge in [0.05, 0.1) is 6.20 Å². The van der Waals surface area contributed by atoms with Gasteiger partial charge in [0.2, 0.25) is 5.91 Å². The standard InChI is InChI=1S/C15H15F2N3O/c1-10(2)5-15(21)18-7-11-8-19-20(9-11)14-4-3-12(16)6-13(14)17/h3-6,8-9H,7H2,1-2H3,(H,18,21). The molecule has 1 aromatic carbocycles. The molecule has 1 aromatic heterocycles. The molecule has 1 amide bonds. The molecule has 1 heterocycles. The quantitative estimate of drug-likeness (QED) is 0.880. The van der Waals surface area contributed by atoms with E-state index in [1.807, 2.05) is 13.8 Å². The summed E-state index contributed by atoms with van der Waals surface area (Å²) in [4.78, 5) is 11.5. The number of hydrogen-bond acceptors (Lipinski definition) is 2. The number of rotatable bonds is 4. The monoisotopic (exact) mass is 291 g/mol. The molecule has 0 saturated heterocycles. The summed E-state index contributed by atoms with van der Waals surface area (Å²) in [5, 5.41) is 6.70. The van der Waals surface area contributed by atoms with Crippen molar-refractivity contribution in [1.82, 2.24) is 15.1 Å². The number of carbonyl (C=O) groups excluding carboxylic acids is 1. The first kappa shape index (κ1) is 14.9. The Kier molecular flexibility index (Phi) is 4.47. The average Bonchev–Trinajstić information content (AvgIpc) is 2.84. The molecule has 0 spiro atoms. The van der Waals surface area contributed by atoms with Crippen molar-refractivity contribution in [3.05, 3.63) is 59.4 Å². The Balaban J connectivity index is 2.08. The molecule has 0 unspecified atom stereocenters. The SMILES string of the molecule is CC(C)=CC(=O)NCc1cnn(-c2ccc(F)cc2F)c1. The highest BCUT2D eigenvalue weighted by molar-refractivity contribution is 5.87. The van der Waals surface area contributed by atoms with E-state index in [0.29, 0.717) is 5.56 Å². The van der Waals surface area contributed by atoms with Crippen molar-refractivity contribution in [3.63, 3.8) is 0 Å². The number of carbonyl (C=O) groups is 1. The molecule has 2 aromatic rings. The third kappa shape index (κ3) is 3.98. The third-order valence-corrected chi connectivity index (χ3v) is 2.68. The normalized spacial score (nSPS) is 10.3. The first-order valence-corrected chi connectivity index (χ1v) is 6.37. The minimum Gasteiger partial charge on any atom is -0.348 e. The van der Waals surface area contributed by atoms with Crippen LogP contribution in [-0.4, -0.2) is 15.7 Å². The summed E-state index contributed by atoms with van der Waals surface area (Å²) in [6.45, 7) is 3.94. The first-order valence-electron chi connectivity index (χ1n) is 6.37. The Labute approximate surface area is 121 Å². The molecule has 21 heavy (non-hydrogen) atoms. The van der Waals surface area contributed by atoms with Crippen molar-refractivity contribution in [3.8, 4) is 5.69 Å². The molecule has 6 heteroatoms. The van der Waals surface area contributed by atoms with Crippen LogP contribution in [0.15, 0.2) is 42.2 Å². The predicted octanol–water partition coefficient (Wildman–Crippen LogP) is 2.73. The van der Waals surface area contributed by atoms with E-state index in [0.717, 1.165) is 17.7 Å². The third-order valence-electron chi connectivity index (χ3n) is 2.68. The molecular formula is C15H15F2N3O. The van der Waals surface area contributed by atoms with Gasteiger partial charge in [0.1, 0.15) is 11.5 Å². The van der Waals surface area contributed by atoms with Crippen molar-refractivity contribution in [1.29, 1.82) is 0 Å². The molecule has 0 aliphatic heterocycles. The van der Waals surface area contributed by atoms with Gasteiger partial charge in [-0.25, -0.2) is 13.5 Å². The van der Waals surface area contributed by atoms with Crippen molar-refractivity contribution in [2.24, 2.45) is 0 Å². The second-order valence-electron chi connectivity index (χ2n) is 4.83. The van der Waals surface area contributed by atoms with Gasteiger partial charge in [-0.05, 0) is 26.0 Å². The van der Waals surface area contributed by atoms with E-state index < -0.39 is 11.6 Å². The second-order valence-corrected chi connectivity index (χ2v) is 4.83. The average molecular weight is 291 g/mol. The van der Waals surface area contributed by atoms with E-state index in [4.69, 9.17) is 0 Å². The number of benzene rings is 1. The van der Waals surface area contributed by atoms with Crippen LogP contribution in [0.5, 0.6) is 0 Å². The van der Waals surface area contributed by atoms with Gasteiger partial charge in [0.25, 0.3) is 0 Å². The van der Waals surface area contributed by atoms with Crippen LogP contribution in [0, 0.1) is 11.6 Å². The predicted molar refractivity (Wildman–Crippen MR) is 74.8 cm³/mol. The highest BCUT2D eigenvalue weighted by atomic mass is 19.1. The van der Waals surface area contributed by atoms with Crippen LogP contribution < -0.4 is 5.32 Å². The topological polar surface area (TPSA) is 46.9 Å². The lowest BCUT2D eigenvalue weighted by atomic mass is 10.3. The lowest BCUT2D eigenvalue weighted by Crippen LogP contribution is -2.20. The van der Waals surface area contributed by atoms with Crippen LogP contribution in [0.2, 0.25) is 0 Å². The Morgan fingerprint density at radius 2 is 2.14 bits per heavy atom. The van der Waals surface area contributed by atoms with E-state index in [9.17, 15) is 13.6 Å². The molecular weight excluding hydrogens is 276 g/mol. The fourth-order valence-electron chi connectivity index (χ4n) is 1.75. The number of nitrogens with zero attached hydrogens (tertiary/aromatic N) is 2. The van der Waals surface area contributed by atoms with Gasteiger partial charge in [-0.2, -0.15) is 5.10 Å². The van der Waals surface area contributed by atoms with E-state index in [1.165, 1.54) is 23.0 Å². The fraction of sp³-hybridized carbons (Fsp3) is 0.200. The number of nitrogens with one attached hydrogen (secondary N) is 1. The summed E-state index contributed by atoms with van der Waals surface area (Å²) in [6.07, 6.45) is 4.59. The Morgan fingerprint density at radius 3 is 2.81 bits per heavy atom. The molecule has 0 saturated carbocycles. The molecule has 4 nitrogen and oxygen atoms in total. The largest absolute Gasteiger partial charge is 0.348 e. The van der Waals surface area contributed by atoms with Gasteiger partial charge in [0.15, 0.2) is 5.82 Å². The Morgan fingerprint density at radius 1 is 1.38 bits per heavy atom. The molecule has 0 radical (unpaired) electrons. The maximum absolute atomic E-state index is 13.6. The second kappa shape index (κ2) is 6.30. The van der Waals surface area contributed by atoms with Gasteiger partial charge in [-0.3, -0.25) is 4.79 Å². The fourth-order valence-corrected chi connectivity index (χ4v) is 1.75. The van der Waals surface area contributed by atoms with Gasteiger partial charge >= 0.3 is 0 Å². The zero-order valence-corrected chi connectivity index (χ0v) is 11.7. The summed E-state index contributed by atoms with van der Waals surface area (Å²) >= 11 is 0. The molecule has 0 fully saturated rings. The van der Waals surface area contributed by atoms with Crippen LogP contribution in [0.3, 0.4) is 0 Å². The summed E-state index contributed by atoms with van der Waals surface area (Å²) in [6, 6.07) is 3.27. The maximum atomic E-state index is 13.6. The molecule has 0 aliphatic rings. The summed E-state index contributed by atoms with van der Waals surface area (Å²) in [7, 11) is 0. The minimum atomic E-state index is -0.696. The lowest BCUT2D eigenvalue weighted by Gasteiger charge is -2.03. The minimum absolute atomic E-state index is 0.151. The van der Waals surface area contributed by atoms with E-state index in [1.54, 1.807) is 6.20 Å². The molecule has 2 rings (SSSR count). The van der Waals surface area contributed by atoms with Crippen molar-refractivity contribution in [2.45, 2.75) is 20.4 Å². The summed E-state index contributed by atoms with van der Waals surface area (Å²) in [5.41, 5.74) is 1.77. The van der Waals surface area contributed by atoms with E-state index in [2.05, 4.69) is 10.4 Å². The number of halogens is 2. The first-order chi connectivity index (χ1) is 9.95.